The summed E-state index contributed by atoms with van der Waals surface area (Å²) in [6.07, 6.45) is -4.56. The molecule has 10 heteroatoms. The summed E-state index contributed by atoms with van der Waals surface area (Å²) < 4.78 is 39.6. The Morgan fingerprint density at radius 2 is 1.60 bits per heavy atom. The Kier molecular flexibility index (Phi) is 6.97. The van der Waals surface area contributed by atoms with Crippen molar-refractivity contribution < 1.29 is 27.9 Å². The van der Waals surface area contributed by atoms with E-state index in [0.29, 0.717) is 16.3 Å². The highest BCUT2D eigenvalue weighted by Gasteiger charge is 2.45. The standard InChI is InChI=1S/C30H24F3N3O3S/c1-17-27(40-28(34-17)19-7-5-4-6-8-19)25(37)23-24(18-9-13-21(14-10-18)35(2)3)36(29(39)26(23)38)22-15-11-20(12-16-22)30(31,32)33/h4-16,24,38H,1-3H3. The van der Waals surface area contributed by atoms with Gasteiger partial charge < -0.3 is 10.0 Å². The number of alkyl halides is 3. The molecule has 40 heavy (non-hydrogen) atoms. The molecular weight excluding hydrogens is 539 g/mol. The third kappa shape index (κ3) is 4.86. The van der Waals surface area contributed by atoms with Gasteiger partial charge in [-0.3, -0.25) is 14.5 Å². The van der Waals surface area contributed by atoms with Crippen LogP contribution in [0.5, 0.6) is 0 Å². The topological polar surface area (TPSA) is 73.7 Å². The molecule has 1 amide bonds. The average Bonchev–Trinajstić information content (AvgIpc) is 3.45. The fourth-order valence-corrected chi connectivity index (χ4v) is 5.64. The molecule has 0 spiro atoms. The highest BCUT2D eigenvalue weighted by molar-refractivity contribution is 7.17. The summed E-state index contributed by atoms with van der Waals surface area (Å²) in [6.45, 7) is 1.68. The lowest BCUT2D eigenvalue weighted by molar-refractivity contribution is -0.137. The van der Waals surface area contributed by atoms with Gasteiger partial charge in [0, 0.05) is 31.0 Å². The molecule has 1 N–H and O–H groups in total. The molecule has 0 saturated carbocycles. The van der Waals surface area contributed by atoms with Crippen LogP contribution < -0.4 is 9.80 Å². The quantitative estimate of drug-likeness (QED) is 0.256. The summed E-state index contributed by atoms with van der Waals surface area (Å²) in [4.78, 5) is 35.3. The van der Waals surface area contributed by atoms with Gasteiger partial charge in [0.25, 0.3) is 5.91 Å². The Hall–Kier alpha value is -4.44. The highest BCUT2D eigenvalue weighted by Crippen LogP contribution is 2.44. The van der Waals surface area contributed by atoms with Crippen molar-refractivity contribution in [3.8, 4) is 10.6 Å². The van der Waals surface area contributed by atoms with Crippen molar-refractivity contribution in [2.75, 3.05) is 23.9 Å². The number of hydrogen-bond acceptors (Lipinski definition) is 6. The second-order valence-corrected chi connectivity index (χ2v) is 10.5. The monoisotopic (exact) mass is 563 g/mol. The molecule has 4 aromatic rings. The Balaban J connectivity index is 1.61. The van der Waals surface area contributed by atoms with Gasteiger partial charge >= 0.3 is 6.18 Å². The van der Waals surface area contributed by atoms with E-state index < -0.39 is 35.2 Å². The molecule has 1 aliphatic rings. The van der Waals surface area contributed by atoms with Gasteiger partial charge in [-0.15, -0.1) is 11.3 Å². The first-order valence-electron chi connectivity index (χ1n) is 12.3. The number of nitrogens with zero attached hydrogens (tertiary/aromatic N) is 3. The van der Waals surface area contributed by atoms with Crippen molar-refractivity contribution >= 4 is 34.4 Å². The first-order valence-corrected chi connectivity index (χ1v) is 13.1. The largest absolute Gasteiger partial charge is 0.503 e. The molecule has 0 radical (unpaired) electrons. The number of amides is 1. The van der Waals surface area contributed by atoms with Crippen LogP contribution in [0.15, 0.2) is 90.2 Å². The van der Waals surface area contributed by atoms with Gasteiger partial charge in [0.05, 0.1) is 27.7 Å². The number of rotatable bonds is 6. The highest BCUT2D eigenvalue weighted by atomic mass is 32.1. The lowest BCUT2D eigenvalue weighted by Crippen LogP contribution is -2.31. The van der Waals surface area contributed by atoms with E-state index in [1.165, 1.54) is 0 Å². The molecule has 5 rings (SSSR count). The number of ketones is 1. The third-order valence-corrected chi connectivity index (χ3v) is 7.88. The third-order valence-electron chi connectivity index (χ3n) is 6.67. The minimum atomic E-state index is -4.56. The lowest BCUT2D eigenvalue weighted by Gasteiger charge is -2.27. The van der Waals surface area contributed by atoms with Gasteiger partial charge in [-0.2, -0.15) is 13.2 Å². The molecule has 204 valence electrons. The van der Waals surface area contributed by atoms with E-state index in [9.17, 15) is 27.9 Å². The van der Waals surface area contributed by atoms with Gasteiger partial charge in [-0.1, -0.05) is 42.5 Å². The predicted molar refractivity (Wildman–Crippen MR) is 149 cm³/mol. The molecule has 1 atom stereocenters. The van der Waals surface area contributed by atoms with Crippen LogP contribution in [0, 0.1) is 6.92 Å². The first kappa shape index (κ1) is 27.1. The lowest BCUT2D eigenvalue weighted by atomic mass is 9.94. The maximum atomic E-state index is 14.0. The van der Waals surface area contributed by atoms with Gasteiger partial charge in [0.1, 0.15) is 5.01 Å². The summed E-state index contributed by atoms with van der Waals surface area (Å²) >= 11 is 1.15. The van der Waals surface area contributed by atoms with Crippen molar-refractivity contribution in [3.63, 3.8) is 0 Å². The number of carbonyl (C=O) groups excluding carboxylic acids is 2. The van der Waals surface area contributed by atoms with E-state index in [2.05, 4.69) is 4.98 Å². The SMILES string of the molecule is Cc1nc(-c2ccccc2)sc1C(=O)C1=C(O)C(=O)N(c2ccc(C(F)(F)F)cc2)C1c1ccc(N(C)C)cc1. The van der Waals surface area contributed by atoms with Crippen LogP contribution in [-0.4, -0.2) is 35.9 Å². The summed E-state index contributed by atoms with van der Waals surface area (Å²) in [6, 6.07) is 19.3. The molecule has 0 fully saturated rings. The zero-order valence-corrected chi connectivity index (χ0v) is 22.5. The summed E-state index contributed by atoms with van der Waals surface area (Å²) in [7, 11) is 3.72. The van der Waals surface area contributed by atoms with E-state index in [1.807, 2.05) is 49.3 Å². The predicted octanol–water partition coefficient (Wildman–Crippen LogP) is 6.99. The minimum Gasteiger partial charge on any atom is -0.503 e. The summed E-state index contributed by atoms with van der Waals surface area (Å²) in [5.41, 5.74) is 1.71. The number of aliphatic hydroxyl groups excluding tert-OH is 1. The number of carbonyl (C=O) groups is 2. The average molecular weight is 564 g/mol. The fraction of sp³-hybridized carbons (Fsp3) is 0.167. The first-order chi connectivity index (χ1) is 19.0. The van der Waals surface area contributed by atoms with Crippen molar-refractivity contribution in [2.45, 2.75) is 19.1 Å². The van der Waals surface area contributed by atoms with Gasteiger partial charge in [0.2, 0.25) is 5.78 Å². The number of aromatic nitrogens is 1. The molecular formula is C30H24F3N3O3S. The van der Waals surface area contributed by atoms with Crippen LogP contribution in [0.1, 0.15) is 32.5 Å². The number of aryl methyl sites for hydroxylation is 1. The minimum absolute atomic E-state index is 0.111. The van der Waals surface area contributed by atoms with Crippen molar-refractivity contribution in [1.82, 2.24) is 4.98 Å². The van der Waals surface area contributed by atoms with Crippen LogP contribution >= 0.6 is 11.3 Å². The Bertz CT molecular complexity index is 1610. The van der Waals surface area contributed by atoms with Crippen LogP contribution in [0.4, 0.5) is 24.5 Å². The molecule has 6 nitrogen and oxygen atoms in total. The molecule has 1 aromatic heterocycles. The van der Waals surface area contributed by atoms with E-state index in [-0.39, 0.29) is 16.1 Å². The number of thiazole rings is 1. The second-order valence-electron chi connectivity index (χ2n) is 9.50. The van der Waals surface area contributed by atoms with E-state index in [1.54, 1.807) is 31.2 Å². The number of hydrogen-bond donors (Lipinski definition) is 1. The van der Waals surface area contributed by atoms with Crippen LogP contribution in [0.25, 0.3) is 10.6 Å². The van der Waals surface area contributed by atoms with Crippen LogP contribution in [0.2, 0.25) is 0 Å². The number of aliphatic hydroxyl groups is 1. The number of benzene rings is 3. The fourth-order valence-electron chi connectivity index (χ4n) is 4.62. The van der Waals surface area contributed by atoms with Crippen molar-refractivity contribution in [1.29, 1.82) is 0 Å². The summed E-state index contributed by atoms with van der Waals surface area (Å²) in [5, 5.41) is 11.7. The molecule has 1 unspecified atom stereocenters. The summed E-state index contributed by atoms with van der Waals surface area (Å²) in [5.74, 6) is -2.20. The number of halogens is 3. The normalized spacial score (nSPS) is 15.6. The van der Waals surface area contributed by atoms with E-state index in [0.717, 1.165) is 51.8 Å². The van der Waals surface area contributed by atoms with Crippen molar-refractivity contribution in [2.24, 2.45) is 0 Å². The molecule has 0 saturated heterocycles. The zero-order chi connectivity index (χ0) is 28.8. The van der Waals surface area contributed by atoms with E-state index >= 15 is 0 Å². The van der Waals surface area contributed by atoms with Crippen molar-refractivity contribution in [3.05, 3.63) is 112 Å². The Morgan fingerprint density at radius 3 is 2.17 bits per heavy atom. The second kappa shape index (κ2) is 10.3. The van der Waals surface area contributed by atoms with Gasteiger partial charge in [0.15, 0.2) is 5.76 Å². The molecule has 2 heterocycles. The van der Waals surface area contributed by atoms with Crippen LogP contribution in [-0.2, 0) is 11.0 Å². The molecule has 0 aliphatic carbocycles. The molecule has 3 aromatic carbocycles. The maximum Gasteiger partial charge on any atom is 0.416 e. The Morgan fingerprint density at radius 1 is 0.975 bits per heavy atom. The van der Waals surface area contributed by atoms with Crippen LogP contribution in [0.3, 0.4) is 0 Å². The molecule has 1 aliphatic heterocycles. The van der Waals surface area contributed by atoms with Gasteiger partial charge in [-0.05, 0) is 48.9 Å². The van der Waals surface area contributed by atoms with Gasteiger partial charge in [-0.25, -0.2) is 4.98 Å². The number of anilines is 2. The smallest absolute Gasteiger partial charge is 0.416 e. The van der Waals surface area contributed by atoms with E-state index in [4.69, 9.17) is 0 Å². The maximum absolute atomic E-state index is 14.0. The molecule has 0 bridgehead atoms. The zero-order valence-electron chi connectivity index (χ0n) is 21.7. The Labute approximate surface area is 232 Å². The number of Topliss-reactive ketones (excluding diaryl/α,β-unsaturated/α-hetero) is 1.